The summed E-state index contributed by atoms with van der Waals surface area (Å²) in [6, 6.07) is -2.66. The van der Waals surface area contributed by atoms with Crippen LogP contribution in [0.5, 0.6) is 0 Å². The van der Waals surface area contributed by atoms with Gasteiger partial charge in [-0.3, -0.25) is 19.2 Å². The van der Waals surface area contributed by atoms with E-state index < -0.39 is 47.4 Å². The number of nitrogens with zero attached hydrogens (tertiary/aromatic N) is 1. The van der Waals surface area contributed by atoms with Crippen LogP contribution in [0.4, 0.5) is 4.79 Å². The lowest BCUT2D eigenvalue weighted by Gasteiger charge is -2.36. The van der Waals surface area contributed by atoms with Gasteiger partial charge < -0.3 is 25.6 Å². The van der Waals surface area contributed by atoms with E-state index in [9.17, 15) is 24.0 Å². The Morgan fingerprint density at radius 2 is 1.61 bits per heavy atom. The Kier molecular flexibility index (Phi) is 12.8. The van der Waals surface area contributed by atoms with Crippen LogP contribution < -0.4 is 16.0 Å². The summed E-state index contributed by atoms with van der Waals surface area (Å²) in [6.07, 6.45) is 6.34. The van der Waals surface area contributed by atoms with Gasteiger partial charge in [-0.15, -0.1) is 6.58 Å². The van der Waals surface area contributed by atoms with Gasteiger partial charge in [-0.05, 0) is 70.1 Å². The molecule has 10 nitrogen and oxygen atoms in total. The predicted molar refractivity (Wildman–Crippen MR) is 158 cm³/mol. The van der Waals surface area contributed by atoms with E-state index in [1.165, 1.54) is 6.08 Å². The van der Waals surface area contributed by atoms with E-state index in [2.05, 4.69) is 22.5 Å². The van der Waals surface area contributed by atoms with Gasteiger partial charge in [-0.1, -0.05) is 53.0 Å². The first-order valence-corrected chi connectivity index (χ1v) is 15.2. The Morgan fingerprint density at radius 3 is 2.15 bits per heavy atom. The lowest BCUT2D eigenvalue weighted by molar-refractivity contribution is -0.144. The van der Waals surface area contributed by atoms with E-state index in [1.54, 1.807) is 25.7 Å². The number of carbonyl (C=O) groups excluding carboxylic acids is 5. The molecule has 41 heavy (non-hydrogen) atoms. The minimum Gasteiger partial charge on any atom is -0.444 e. The summed E-state index contributed by atoms with van der Waals surface area (Å²) in [5.41, 5.74) is -0.723. The van der Waals surface area contributed by atoms with Crippen LogP contribution in [0.25, 0.3) is 0 Å². The second-order valence-corrected chi connectivity index (χ2v) is 13.2. The number of carbonyl (C=O) groups is 5. The molecule has 1 aliphatic heterocycles. The maximum Gasteiger partial charge on any atom is 0.408 e. The number of amides is 4. The average molecular weight is 577 g/mol. The van der Waals surface area contributed by atoms with E-state index in [0.29, 0.717) is 13.0 Å². The fourth-order valence-corrected chi connectivity index (χ4v) is 5.93. The van der Waals surface area contributed by atoms with Crippen molar-refractivity contribution < 1.29 is 28.7 Å². The van der Waals surface area contributed by atoms with Crippen LogP contribution in [-0.2, 0) is 23.9 Å². The Bertz CT molecular complexity index is 951. The summed E-state index contributed by atoms with van der Waals surface area (Å²) in [6.45, 7) is 17.2. The van der Waals surface area contributed by atoms with Gasteiger partial charge in [0.2, 0.25) is 17.6 Å². The van der Waals surface area contributed by atoms with Gasteiger partial charge in [0.1, 0.15) is 17.7 Å². The van der Waals surface area contributed by atoms with Crippen molar-refractivity contribution in [3.05, 3.63) is 12.7 Å². The number of nitrogens with one attached hydrogen (secondary N) is 3. The molecule has 2 rings (SSSR count). The second-order valence-electron chi connectivity index (χ2n) is 13.2. The monoisotopic (exact) mass is 576 g/mol. The summed E-state index contributed by atoms with van der Waals surface area (Å²) in [7, 11) is 0. The molecule has 3 N–H and O–H groups in total. The van der Waals surface area contributed by atoms with Crippen molar-refractivity contribution in [1.29, 1.82) is 0 Å². The molecule has 4 amide bonds. The number of ether oxygens (including phenoxy) is 1. The fraction of sp³-hybridized carbons (Fsp3) is 0.774. The highest BCUT2D eigenvalue weighted by Crippen LogP contribution is 2.34. The van der Waals surface area contributed by atoms with Gasteiger partial charge >= 0.3 is 6.09 Å². The van der Waals surface area contributed by atoms with Crippen LogP contribution in [0, 0.1) is 23.7 Å². The van der Waals surface area contributed by atoms with Crippen LogP contribution in [-0.4, -0.2) is 71.3 Å². The highest BCUT2D eigenvalue weighted by atomic mass is 16.6. The van der Waals surface area contributed by atoms with Crippen molar-refractivity contribution in [3.8, 4) is 0 Å². The second kappa shape index (κ2) is 15.4. The molecule has 0 aromatic carbocycles. The first-order chi connectivity index (χ1) is 19.2. The zero-order valence-corrected chi connectivity index (χ0v) is 26.1. The Morgan fingerprint density at radius 1 is 0.976 bits per heavy atom. The van der Waals surface area contributed by atoms with Gasteiger partial charge in [0, 0.05) is 13.1 Å². The molecule has 2 unspecified atom stereocenters. The third kappa shape index (κ3) is 10.1. The molecule has 0 spiro atoms. The molecular formula is C31H52N4O6. The average Bonchev–Trinajstić information content (AvgIpc) is 3.34. The van der Waals surface area contributed by atoms with Crippen LogP contribution in [0.3, 0.4) is 0 Å². The van der Waals surface area contributed by atoms with Crippen LogP contribution in [0.1, 0.15) is 93.4 Å². The molecule has 4 atom stereocenters. The standard InChI is InChI=1S/C31H52N4O6/c1-9-16-32-28(38)26(36)23(18-19(2)3)33-27(37)25-22(20(4)5)15-17-35(25)29(39)24(21-13-11-10-12-14-21)34-30(40)41-31(6,7)8/h9,19-25H,1,10-18H2,2-8H3,(H,32,38)(H,33,37)(H,34,40)/t22?,23?,24-,25-/m0/s1. The van der Waals surface area contributed by atoms with Crippen molar-refractivity contribution >= 4 is 29.6 Å². The van der Waals surface area contributed by atoms with Gasteiger partial charge in [0.25, 0.3) is 5.91 Å². The van der Waals surface area contributed by atoms with Crippen molar-refractivity contribution in [1.82, 2.24) is 20.9 Å². The van der Waals surface area contributed by atoms with Gasteiger partial charge in [0.05, 0.1) is 6.04 Å². The number of likely N-dealkylation sites (tertiary alicyclic amines) is 1. The minimum atomic E-state index is -1.02. The van der Waals surface area contributed by atoms with Gasteiger partial charge in [-0.2, -0.15) is 0 Å². The van der Waals surface area contributed by atoms with E-state index in [-0.39, 0.29) is 42.5 Å². The number of alkyl carbamates (subject to hydrolysis) is 1. The Hall–Kier alpha value is -2.91. The molecular weight excluding hydrogens is 524 g/mol. The summed E-state index contributed by atoms with van der Waals surface area (Å²) in [5.74, 6) is -2.34. The zero-order valence-electron chi connectivity index (χ0n) is 26.1. The fourth-order valence-electron chi connectivity index (χ4n) is 5.93. The molecule has 2 fully saturated rings. The topological polar surface area (TPSA) is 134 Å². The molecule has 1 saturated heterocycles. The highest BCUT2D eigenvalue weighted by Gasteiger charge is 2.47. The lowest BCUT2D eigenvalue weighted by atomic mass is 9.83. The molecule has 0 bridgehead atoms. The van der Waals surface area contributed by atoms with E-state index in [1.807, 2.05) is 27.7 Å². The van der Waals surface area contributed by atoms with Gasteiger partial charge in [-0.25, -0.2) is 4.79 Å². The lowest BCUT2D eigenvalue weighted by Crippen LogP contribution is -2.59. The molecule has 10 heteroatoms. The van der Waals surface area contributed by atoms with E-state index >= 15 is 0 Å². The SMILES string of the molecule is C=CCNC(=O)C(=O)C(CC(C)C)NC(=O)[C@@H]1C(C(C)C)CCN1C(=O)[C@@H](NC(=O)OC(C)(C)C)C1CCCCC1. The third-order valence-corrected chi connectivity index (χ3v) is 7.88. The Balaban J connectivity index is 2.35. The molecule has 1 aliphatic carbocycles. The number of hydrogen-bond acceptors (Lipinski definition) is 6. The smallest absolute Gasteiger partial charge is 0.408 e. The van der Waals surface area contributed by atoms with Gasteiger partial charge in [0.15, 0.2) is 0 Å². The summed E-state index contributed by atoms with van der Waals surface area (Å²) < 4.78 is 5.49. The van der Waals surface area contributed by atoms with Crippen molar-refractivity contribution in [2.24, 2.45) is 23.7 Å². The summed E-state index contributed by atoms with van der Waals surface area (Å²) in [5, 5.41) is 8.16. The quantitative estimate of drug-likeness (QED) is 0.239. The minimum absolute atomic E-state index is 0.0346. The molecule has 2 aliphatic rings. The normalized spacial score (nSPS) is 21.2. The number of hydrogen-bond donors (Lipinski definition) is 3. The van der Waals surface area contributed by atoms with Crippen molar-refractivity contribution in [2.45, 2.75) is 117 Å². The predicted octanol–water partition coefficient (Wildman–Crippen LogP) is 3.74. The molecule has 1 heterocycles. The molecule has 1 saturated carbocycles. The van der Waals surface area contributed by atoms with Crippen LogP contribution in [0.2, 0.25) is 0 Å². The van der Waals surface area contributed by atoms with Crippen molar-refractivity contribution in [2.75, 3.05) is 13.1 Å². The molecule has 0 aromatic heterocycles. The molecule has 0 aromatic rings. The number of Topliss-reactive ketones (excluding diaryl/α,β-unsaturated/α-hetero) is 1. The number of ketones is 1. The first kappa shape index (κ1) is 34.3. The third-order valence-electron chi connectivity index (χ3n) is 7.88. The summed E-state index contributed by atoms with van der Waals surface area (Å²) >= 11 is 0. The number of rotatable bonds is 12. The molecule has 232 valence electrons. The maximum atomic E-state index is 14.2. The Labute approximate surface area is 245 Å². The highest BCUT2D eigenvalue weighted by molar-refractivity contribution is 6.38. The molecule has 0 radical (unpaired) electrons. The van der Waals surface area contributed by atoms with Crippen molar-refractivity contribution in [3.63, 3.8) is 0 Å². The maximum absolute atomic E-state index is 14.2. The first-order valence-electron chi connectivity index (χ1n) is 15.2. The van der Waals surface area contributed by atoms with Crippen LogP contribution in [0.15, 0.2) is 12.7 Å². The zero-order chi connectivity index (χ0) is 30.9. The van der Waals surface area contributed by atoms with E-state index in [4.69, 9.17) is 4.74 Å². The van der Waals surface area contributed by atoms with E-state index in [0.717, 1.165) is 32.1 Å². The summed E-state index contributed by atoms with van der Waals surface area (Å²) in [4.78, 5) is 68.0. The van der Waals surface area contributed by atoms with Crippen LogP contribution >= 0.6 is 0 Å². The largest absolute Gasteiger partial charge is 0.444 e.